The zero-order chi connectivity index (χ0) is 22.5. The summed E-state index contributed by atoms with van der Waals surface area (Å²) in [7, 11) is 1.53. The average Bonchev–Trinajstić information content (AvgIpc) is 3.10. The predicted molar refractivity (Wildman–Crippen MR) is 118 cm³/mol. The Morgan fingerprint density at radius 3 is 2.72 bits per heavy atom. The van der Waals surface area contributed by atoms with Crippen molar-refractivity contribution < 1.29 is 24.2 Å². The molecule has 0 unspecified atom stereocenters. The maximum atomic E-state index is 13.0. The van der Waals surface area contributed by atoms with Crippen molar-refractivity contribution in [2.45, 2.75) is 12.5 Å². The Balaban J connectivity index is 1.65. The third-order valence-corrected chi connectivity index (χ3v) is 5.86. The van der Waals surface area contributed by atoms with Crippen LogP contribution >= 0.6 is 0 Å². The summed E-state index contributed by atoms with van der Waals surface area (Å²) in [6.07, 6.45) is 3.98. The minimum atomic E-state index is -0.695. The molecule has 168 valence electrons. The highest BCUT2D eigenvalue weighted by atomic mass is 16.5. The lowest BCUT2D eigenvalue weighted by atomic mass is 9.96. The highest BCUT2D eigenvalue weighted by molar-refractivity contribution is 6.46. The van der Waals surface area contributed by atoms with Crippen molar-refractivity contribution in [1.29, 1.82) is 0 Å². The second-order valence-electron chi connectivity index (χ2n) is 7.82. The third-order valence-electron chi connectivity index (χ3n) is 5.86. The van der Waals surface area contributed by atoms with E-state index < -0.39 is 17.7 Å². The molecule has 3 heterocycles. The zero-order valence-corrected chi connectivity index (χ0v) is 18.1. The van der Waals surface area contributed by atoms with E-state index in [0.717, 1.165) is 19.6 Å². The number of morpholine rings is 1. The van der Waals surface area contributed by atoms with Gasteiger partial charge in [-0.25, -0.2) is 0 Å². The lowest BCUT2D eigenvalue weighted by Crippen LogP contribution is -2.39. The standard InChI is InChI=1S/C24H27N3O5/c1-31-19-7-2-5-17(15-19)22(28)20-21(18-6-3-8-25-16-18)27(24(30)23(20)29)10-4-9-26-11-13-32-14-12-26/h2-3,5-8,15-16,21,28H,4,9-14H2,1H3/b22-20+/t21-/m1/s1. The number of nitrogens with zero attached hydrogens (tertiary/aromatic N) is 3. The van der Waals surface area contributed by atoms with Crippen molar-refractivity contribution in [2.75, 3.05) is 46.5 Å². The molecule has 1 atom stereocenters. The summed E-state index contributed by atoms with van der Waals surface area (Å²) in [5.41, 5.74) is 1.18. The quantitative estimate of drug-likeness (QED) is 0.403. The largest absolute Gasteiger partial charge is 0.507 e. The number of carbonyl (C=O) groups is 2. The average molecular weight is 437 g/mol. The van der Waals surface area contributed by atoms with Crippen LogP contribution in [-0.4, -0.2) is 78.1 Å². The number of likely N-dealkylation sites (tertiary alicyclic amines) is 1. The molecule has 0 radical (unpaired) electrons. The summed E-state index contributed by atoms with van der Waals surface area (Å²) in [5.74, 6) is -0.964. The van der Waals surface area contributed by atoms with Crippen molar-refractivity contribution >= 4 is 17.4 Å². The Kier molecular flexibility index (Phi) is 6.82. The van der Waals surface area contributed by atoms with E-state index in [2.05, 4.69) is 9.88 Å². The van der Waals surface area contributed by atoms with E-state index in [1.54, 1.807) is 47.6 Å². The zero-order valence-electron chi connectivity index (χ0n) is 18.1. The Hall–Kier alpha value is -3.23. The SMILES string of the molecule is COc1cccc(/C(O)=C2\C(=O)C(=O)N(CCCN3CCOCC3)[C@@H]2c2cccnc2)c1. The number of hydrogen-bond acceptors (Lipinski definition) is 7. The molecule has 2 aromatic rings. The first-order valence-corrected chi connectivity index (χ1v) is 10.7. The van der Waals surface area contributed by atoms with Gasteiger partial charge in [-0.3, -0.25) is 19.5 Å². The normalized spacial score (nSPS) is 21.2. The molecule has 2 aliphatic rings. The highest BCUT2D eigenvalue weighted by Gasteiger charge is 2.45. The number of ketones is 1. The van der Waals surface area contributed by atoms with Crippen LogP contribution in [0.2, 0.25) is 0 Å². The molecular formula is C24H27N3O5. The van der Waals surface area contributed by atoms with E-state index in [-0.39, 0.29) is 11.3 Å². The summed E-state index contributed by atoms with van der Waals surface area (Å²) in [5, 5.41) is 11.1. The second kappa shape index (κ2) is 9.93. The highest BCUT2D eigenvalue weighted by Crippen LogP contribution is 2.39. The first-order chi connectivity index (χ1) is 15.6. The van der Waals surface area contributed by atoms with Crippen LogP contribution < -0.4 is 4.74 Å². The Bertz CT molecular complexity index is 1000. The van der Waals surface area contributed by atoms with Crippen molar-refractivity contribution in [3.05, 3.63) is 65.5 Å². The molecule has 2 aliphatic heterocycles. The molecule has 0 spiro atoms. The van der Waals surface area contributed by atoms with Gasteiger partial charge in [0.05, 0.1) is 31.9 Å². The fourth-order valence-electron chi connectivity index (χ4n) is 4.21. The number of carbonyl (C=O) groups excluding carboxylic acids is 2. The van der Waals surface area contributed by atoms with Gasteiger partial charge in [-0.2, -0.15) is 0 Å². The number of aliphatic hydroxyl groups excluding tert-OH is 1. The number of Topliss-reactive ketones (excluding diaryl/α,β-unsaturated/α-hetero) is 1. The van der Waals surface area contributed by atoms with Crippen LogP contribution in [0.4, 0.5) is 0 Å². The van der Waals surface area contributed by atoms with Gasteiger partial charge in [0.25, 0.3) is 11.7 Å². The molecule has 0 bridgehead atoms. The molecule has 32 heavy (non-hydrogen) atoms. The first-order valence-electron chi connectivity index (χ1n) is 10.7. The number of amides is 1. The maximum absolute atomic E-state index is 13.0. The molecular weight excluding hydrogens is 410 g/mol. The van der Waals surface area contributed by atoms with Crippen molar-refractivity contribution in [3.8, 4) is 5.75 Å². The fourth-order valence-corrected chi connectivity index (χ4v) is 4.21. The Morgan fingerprint density at radius 2 is 2.00 bits per heavy atom. The minimum Gasteiger partial charge on any atom is -0.507 e. The predicted octanol–water partition coefficient (Wildman–Crippen LogP) is 2.23. The van der Waals surface area contributed by atoms with Gasteiger partial charge in [-0.1, -0.05) is 18.2 Å². The first kappa shape index (κ1) is 22.0. The molecule has 1 aromatic carbocycles. The topological polar surface area (TPSA) is 92.2 Å². The van der Waals surface area contributed by atoms with E-state index >= 15 is 0 Å². The van der Waals surface area contributed by atoms with Gasteiger partial charge in [0.15, 0.2) is 0 Å². The number of rotatable bonds is 7. The number of aliphatic hydroxyl groups is 1. The molecule has 1 N–H and O–H groups in total. The maximum Gasteiger partial charge on any atom is 0.295 e. The van der Waals surface area contributed by atoms with Crippen LogP contribution in [0.5, 0.6) is 5.75 Å². The molecule has 4 rings (SSSR count). The fraction of sp³-hybridized carbons (Fsp3) is 0.375. The number of pyridine rings is 1. The van der Waals surface area contributed by atoms with E-state index in [0.29, 0.717) is 43.1 Å². The van der Waals surface area contributed by atoms with Crippen LogP contribution in [0.25, 0.3) is 5.76 Å². The van der Waals surface area contributed by atoms with Gasteiger partial charge in [0.2, 0.25) is 0 Å². The number of benzene rings is 1. The minimum absolute atomic E-state index is 0.0719. The van der Waals surface area contributed by atoms with Gasteiger partial charge >= 0.3 is 0 Å². The van der Waals surface area contributed by atoms with Gasteiger partial charge < -0.3 is 19.5 Å². The number of aromatic nitrogens is 1. The monoisotopic (exact) mass is 437 g/mol. The molecule has 2 saturated heterocycles. The van der Waals surface area contributed by atoms with E-state index in [1.165, 1.54) is 7.11 Å². The molecule has 0 saturated carbocycles. The number of ether oxygens (including phenoxy) is 2. The lowest BCUT2D eigenvalue weighted by molar-refractivity contribution is -0.140. The summed E-state index contributed by atoms with van der Waals surface area (Å²) < 4.78 is 10.6. The molecule has 0 aliphatic carbocycles. The van der Waals surface area contributed by atoms with Crippen LogP contribution in [0.15, 0.2) is 54.4 Å². The van der Waals surface area contributed by atoms with Gasteiger partial charge in [-0.15, -0.1) is 0 Å². The second-order valence-corrected chi connectivity index (χ2v) is 7.82. The van der Waals surface area contributed by atoms with Crippen molar-refractivity contribution in [3.63, 3.8) is 0 Å². The summed E-state index contributed by atoms with van der Waals surface area (Å²) in [4.78, 5) is 34.0. The van der Waals surface area contributed by atoms with Crippen LogP contribution in [0.1, 0.15) is 23.6 Å². The summed E-state index contributed by atoms with van der Waals surface area (Å²) in [6, 6.07) is 9.68. The van der Waals surface area contributed by atoms with Gasteiger partial charge in [0.1, 0.15) is 11.5 Å². The number of hydrogen-bond donors (Lipinski definition) is 1. The Labute approximate surface area is 187 Å². The van der Waals surface area contributed by atoms with Gasteiger partial charge in [-0.05, 0) is 30.2 Å². The van der Waals surface area contributed by atoms with Gasteiger partial charge in [0, 0.05) is 44.1 Å². The van der Waals surface area contributed by atoms with Crippen LogP contribution in [0, 0.1) is 0 Å². The third kappa shape index (κ3) is 4.51. The molecule has 8 heteroatoms. The summed E-state index contributed by atoms with van der Waals surface area (Å²) in [6.45, 7) is 4.35. The van der Waals surface area contributed by atoms with E-state index in [4.69, 9.17) is 9.47 Å². The van der Waals surface area contributed by atoms with E-state index in [9.17, 15) is 14.7 Å². The Morgan fingerprint density at radius 1 is 1.19 bits per heavy atom. The molecule has 2 fully saturated rings. The molecule has 1 amide bonds. The van der Waals surface area contributed by atoms with Crippen LogP contribution in [-0.2, 0) is 14.3 Å². The smallest absolute Gasteiger partial charge is 0.295 e. The number of methoxy groups -OCH3 is 1. The van der Waals surface area contributed by atoms with Crippen molar-refractivity contribution in [2.24, 2.45) is 0 Å². The van der Waals surface area contributed by atoms with Crippen molar-refractivity contribution in [1.82, 2.24) is 14.8 Å². The lowest BCUT2D eigenvalue weighted by Gasteiger charge is -2.29. The van der Waals surface area contributed by atoms with E-state index in [1.807, 2.05) is 6.07 Å². The molecule has 1 aromatic heterocycles. The summed E-state index contributed by atoms with van der Waals surface area (Å²) >= 11 is 0. The molecule has 8 nitrogen and oxygen atoms in total. The van der Waals surface area contributed by atoms with Crippen LogP contribution in [0.3, 0.4) is 0 Å².